The van der Waals surface area contributed by atoms with Gasteiger partial charge in [-0.15, -0.1) is 0 Å². The molecule has 0 bridgehead atoms. The zero-order valence-electron chi connectivity index (χ0n) is 15.1. The Kier molecular flexibility index (Phi) is 6.02. The van der Waals surface area contributed by atoms with Crippen molar-refractivity contribution in [3.63, 3.8) is 0 Å². The Hall–Kier alpha value is -1.32. The maximum Gasteiger partial charge on any atom is 0.418 e. The van der Waals surface area contributed by atoms with Gasteiger partial charge in [0.05, 0.1) is 10.5 Å². The van der Waals surface area contributed by atoms with Crippen molar-refractivity contribution in [2.75, 3.05) is 18.4 Å². The standard InChI is InChI=1S/C18H26F3N3O2S/c19-18(20,21)16-11-15(27(22,25)26)8-9-17(16)23-13-5-4-10-24(12-13)14-6-2-1-3-7-14/h8-9,11,13-14,23H,1-7,10,12H2,(H2,22,25,26). The fraction of sp³-hybridized carbons (Fsp3) is 0.667. The van der Waals surface area contributed by atoms with E-state index in [4.69, 9.17) is 5.14 Å². The number of benzene rings is 1. The second-order valence-corrected chi connectivity index (χ2v) is 9.08. The number of likely N-dealkylation sites (tertiary alicyclic amines) is 1. The minimum absolute atomic E-state index is 0.0922. The van der Waals surface area contributed by atoms with Crippen molar-refractivity contribution < 1.29 is 21.6 Å². The molecule has 2 fully saturated rings. The molecule has 2 aliphatic rings. The van der Waals surface area contributed by atoms with Gasteiger partial charge in [0.25, 0.3) is 0 Å². The van der Waals surface area contributed by atoms with E-state index in [9.17, 15) is 21.6 Å². The van der Waals surface area contributed by atoms with Crippen molar-refractivity contribution in [1.29, 1.82) is 0 Å². The lowest BCUT2D eigenvalue weighted by Crippen LogP contribution is -2.47. The molecule has 0 amide bonds. The first-order chi connectivity index (χ1) is 12.6. The number of nitrogens with zero attached hydrogens (tertiary/aromatic N) is 1. The quantitative estimate of drug-likeness (QED) is 0.803. The van der Waals surface area contributed by atoms with E-state index in [-0.39, 0.29) is 11.7 Å². The molecule has 5 nitrogen and oxygen atoms in total. The zero-order chi connectivity index (χ0) is 19.7. The highest BCUT2D eigenvalue weighted by atomic mass is 32.2. The number of alkyl halides is 3. The summed E-state index contributed by atoms with van der Waals surface area (Å²) in [5.74, 6) is 0. The number of anilines is 1. The number of sulfonamides is 1. The molecule has 0 aromatic heterocycles. The number of piperidine rings is 1. The van der Waals surface area contributed by atoms with Crippen molar-refractivity contribution in [1.82, 2.24) is 4.90 Å². The Morgan fingerprint density at radius 3 is 2.41 bits per heavy atom. The molecule has 3 N–H and O–H groups in total. The summed E-state index contributed by atoms with van der Waals surface area (Å²) < 4.78 is 63.2. The molecule has 1 unspecified atom stereocenters. The summed E-state index contributed by atoms with van der Waals surface area (Å²) in [4.78, 5) is 1.86. The van der Waals surface area contributed by atoms with Crippen LogP contribution in [0.15, 0.2) is 23.1 Å². The second kappa shape index (κ2) is 7.97. The molecule has 9 heteroatoms. The molecule has 1 aliphatic carbocycles. The molecule has 152 valence electrons. The molecule has 1 atom stereocenters. The fourth-order valence-corrected chi connectivity index (χ4v) is 4.72. The van der Waals surface area contributed by atoms with E-state index in [1.165, 1.54) is 25.3 Å². The second-order valence-electron chi connectivity index (χ2n) is 7.52. The number of nitrogens with two attached hydrogens (primary N) is 1. The maximum absolute atomic E-state index is 13.5. The van der Waals surface area contributed by atoms with Crippen LogP contribution in [0.4, 0.5) is 18.9 Å². The summed E-state index contributed by atoms with van der Waals surface area (Å²) in [6.07, 6.45) is 3.06. The van der Waals surface area contributed by atoms with Crippen LogP contribution in [0.5, 0.6) is 0 Å². The van der Waals surface area contributed by atoms with Gasteiger partial charge in [-0.1, -0.05) is 19.3 Å². The van der Waals surface area contributed by atoms with Crippen LogP contribution in [0.1, 0.15) is 50.5 Å². The molecule has 1 saturated carbocycles. The third kappa shape index (κ3) is 5.14. The van der Waals surface area contributed by atoms with Gasteiger partial charge in [-0.3, -0.25) is 4.90 Å². The average Bonchev–Trinajstić information content (AvgIpc) is 2.61. The molecule has 1 aromatic rings. The topological polar surface area (TPSA) is 75.4 Å². The highest BCUT2D eigenvalue weighted by molar-refractivity contribution is 7.89. The van der Waals surface area contributed by atoms with E-state index in [0.29, 0.717) is 18.7 Å². The van der Waals surface area contributed by atoms with Gasteiger partial charge in [-0.25, -0.2) is 13.6 Å². The molecule has 0 radical (unpaired) electrons. The van der Waals surface area contributed by atoms with E-state index in [0.717, 1.165) is 38.3 Å². The molecule has 1 aromatic carbocycles. The number of nitrogens with one attached hydrogen (secondary N) is 1. The number of hydrogen-bond donors (Lipinski definition) is 2. The van der Waals surface area contributed by atoms with E-state index >= 15 is 0 Å². The predicted octanol–water partition coefficient (Wildman–Crippen LogP) is 3.56. The van der Waals surface area contributed by atoms with Crippen LogP contribution in [-0.4, -0.2) is 38.5 Å². The molecule has 27 heavy (non-hydrogen) atoms. The maximum atomic E-state index is 13.5. The lowest BCUT2D eigenvalue weighted by atomic mass is 9.92. The molecule has 1 aliphatic heterocycles. The van der Waals surface area contributed by atoms with E-state index in [2.05, 4.69) is 10.2 Å². The number of rotatable bonds is 4. The molecule has 1 heterocycles. The molecule has 3 rings (SSSR count). The first-order valence-electron chi connectivity index (χ1n) is 9.39. The van der Waals surface area contributed by atoms with Gasteiger partial charge in [-0.05, 0) is 50.4 Å². The van der Waals surface area contributed by atoms with Crippen LogP contribution in [0.2, 0.25) is 0 Å². The van der Waals surface area contributed by atoms with Crippen molar-refractivity contribution >= 4 is 15.7 Å². The van der Waals surface area contributed by atoms with E-state index in [1.807, 2.05) is 0 Å². The highest BCUT2D eigenvalue weighted by Crippen LogP contribution is 2.37. The van der Waals surface area contributed by atoms with Gasteiger partial charge in [0.2, 0.25) is 10.0 Å². The van der Waals surface area contributed by atoms with Crippen LogP contribution in [0.25, 0.3) is 0 Å². The fourth-order valence-electron chi connectivity index (χ4n) is 4.18. The number of primary sulfonamides is 1. The summed E-state index contributed by atoms with van der Waals surface area (Å²) in [5.41, 5.74) is -1.09. The molecule has 1 saturated heterocycles. The van der Waals surface area contributed by atoms with Gasteiger partial charge in [0.1, 0.15) is 0 Å². The van der Waals surface area contributed by atoms with Gasteiger partial charge >= 0.3 is 6.18 Å². The summed E-state index contributed by atoms with van der Waals surface area (Å²) >= 11 is 0. The first kappa shape index (κ1) is 20.4. The Morgan fingerprint density at radius 1 is 1.07 bits per heavy atom. The van der Waals surface area contributed by atoms with Crippen LogP contribution < -0.4 is 10.5 Å². The Morgan fingerprint density at radius 2 is 1.78 bits per heavy atom. The normalized spacial score (nSPS) is 23.3. The number of hydrogen-bond acceptors (Lipinski definition) is 4. The third-order valence-electron chi connectivity index (χ3n) is 5.53. The summed E-state index contributed by atoms with van der Waals surface area (Å²) in [6, 6.07) is 3.33. The van der Waals surface area contributed by atoms with Crippen molar-refractivity contribution in [3.05, 3.63) is 23.8 Å². The van der Waals surface area contributed by atoms with Crippen molar-refractivity contribution in [3.8, 4) is 0 Å². The summed E-state index contributed by atoms with van der Waals surface area (Å²) in [7, 11) is -4.19. The minimum atomic E-state index is -4.67. The molecular weight excluding hydrogens is 379 g/mol. The zero-order valence-corrected chi connectivity index (χ0v) is 16.0. The van der Waals surface area contributed by atoms with Gasteiger partial charge in [0, 0.05) is 24.3 Å². The largest absolute Gasteiger partial charge is 0.418 e. The van der Waals surface area contributed by atoms with Crippen LogP contribution in [0.3, 0.4) is 0 Å². The smallest absolute Gasteiger partial charge is 0.381 e. The Labute approximate surface area is 158 Å². The summed E-state index contributed by atoms with van der Waals surface area (Å²) in [5, 5.41) is 7.99. The lowest BCUT2D eigenvalue weighted by molar-refractivity contribution is -0.137. The Bertz CT molecular complexity index is 762. The average molecular weight is 405 g/mol. The lowest BCUT2D eigenvalue weighted by Gasteiger charge is -2.40. The Balaban J connectivity index is 1.77. The van der Waals surface area contributed by atoms with Gasteiger partial charge < -0.3 is 5.32 Å². The minimum Gasteiger partial charge on any atom is -0.381 e. The number of halogens is 3. The van der Waals surface area contributed by atoms with Crippen molar-refractivity contribution in [2.24, 2.45) is 5.14 Å². The van der Waals surface area contributed by atoms with Crippen molar-refractivity contribution in [2.45, 2.75) is 68.1 Å². The highest BCUT2D eigenvalue weighted by Gasteiger charge is 2.36. The van der Waals surface area contributed by atoms with Gasteiger partial charge in [-0.2, -0.15) is 13.2 Å². The van der Waals surface area contributed by atoms with Crippen LogP contribution in [0, 0.1) is 0 Å². The SMILES string of the molecule is NS(=O)(=O)c1ccc(NC2CCCN(C3CCCCC3)C2)c(C(F)(F)F)c1. The van der Waals surface area contributed by atoms with Crippen LogP contribution in [-0.2, 0) is 16.2 Å². The third-order valence-corrected chi connectivity index (χ3v) is 6.44. The van der Waals surface area contributed by atoms with E-state index < -0.39 is 26.7 Å². The molecular formula is C18H26F3N3O2S. The molecule has 0 spiro atoms. The predicted molar refractivity (Wildman–Crippen MR) is 97.9 cm³/mol. The summed E-state index contributed by atoms with van der Waals surface area (Å²) in [6.45, 7) is 1.69. The van der Waals surface area contributed by atoms with Gasteiger partial charge in [0.15, 0.2) is 0 Å². The first-order valence-corrected chi connectivity index (χ1v) is 10.9. The van der Waals surface area contributed by atoms with E-state index in [1.54, 1.807) is 0 Å². The van der Waals surface area contributed by atoms with Crippen LogP contribution >= 0.6 is 0 Å². The monoisotopic (exact) mass is 405 g/mol.